The quantitative estimate of drug-likeness (QED) is 0.348. The van der Waals surface area contributed by atoms with E-state index < -0.39 is 0 Å². The largest absolute Gasteiger partial charge is 0.370 e. The number of guanidine groups is 2. The Morgan fingerprint density at radius 1 is 1.23 bits per heavy atom. The molecule has 72 valence electrons. The van der Waals surface area contributed by atoms with Crippen LogP contribution >= 0.6 is 0 Å². The highest BCUT2D eigenvalue weighted by Crippen LogP contribution is 2.40. The third kappa shape index (κ3) is 1.46. The number of hydrogen-bond donors (Lipinski definition) is 3. The fraction of sp³-hybridized carbons (Fsp3) is 0.750. The van der Waals surface area contributed by atoms with Crippen molar-refractivity contribution in [1.29, 1.82) is 5.41 Å². The van der Waals surface area contributed by atoms with Crippen LogP contribution in [0.4, 0.5) is 0 Å². The molecule has 2 fully saturated rings. The van der Waals surface area contributed by atoms with Gasteiger partial charge in [0.1, 0.15) is 0 Å². The van der Waals surface area contributed by atoms with Crippen LogP contribution in [0, 0.1) is 17.2 Å². The predicted octanol–water partition coefficient (Wildman–Crippen LogP) is -0.464. The fourth-order valence-electron chi connectivity index (χ4n) is 2.13. The molecule has 13 heavy (non-hydrogen) atoms. The van der Waals surface area contributed by atoms with E-state index in [0.29, 0.717) is 0 Å². The maximum absolute atomic E-state index is 7.60. The van der Waals surface area contributed by atoms with Gasteiger partial charge in [-0.25, -0.2) is 0 Å². The zero-order valence-corrected chi connectivity index (χ0v) is 7.53. The lowest BCUT2D eigenvalue weighted by atomic mass is 9.77. The van der Waals surface area contributed by atoms with Crippen LogP contribution in [0.5, 0.6) is 0 Å². The average molecular weight is 181 g/mol. The molecule has 0 amide bonds. The summed E-state index contributed by atoms with van der Waals surface area (Å²) in [6, 6.07) is 0. The highest BCUT2D eigenvalue weighted by Gasteiger charge is 2.39. The molecule has 5 heteroatoms. The van der Waals surface area contributed by atoms with E-state index in [1.54, 1.807) is 0 Å². The summed E-state index contributed by atoms with van der Waals surface area (Å²) in [7, 11) is 0. The number of nitrogens with two attached hydrogens (primary N) is 2. The van der Waals surface area contributed by atoms with Crippen molar-refractivity contribution in [3.63, 3.8) is 0 Å². The molecule has 2 aliphatic rings. The van der Waals surface area contributed by atoms with Gasteiger partial charge < -0.3 is 16.4 Å². The molecule has 1 aliphatic heterocycles. The standard InChI is InChI=1S/C8H15N5/c9-7(10)12-8(11)13-3-5-1-2-6(5)4-13/h5-6H,1-4H2,(H5,9,10,11,12). The van der Waals surface area contributed by atoms with Gasteiger partial charge in [0.25, 0.3) is 0 Å². The summed E-state index contributed by atoms with van der Waals surface area (Å²) in [4.78, 5) is 5.70. The monoisotopic (exact) mass is 181 g/mol. The molecular weight excluding hydrogens is 166 g/mol. The van der Waals surface area contributed by atoms with Gasteiger partial charge in [0.2, 0.25) is 5.96 Å². The Bertz CT molecular complexity index is 243. The zero-order chi connectivity index (χ0) is 9.42. The Kier molecular flexibility index (Phi) is 1.86. The summed E-state index contributed by atoms with van der Waals surface area (Å²) in [5, 5.41) is 7.60. The van der Waals surface area contributed by atoms with Crippen molar-refractivity contribution in [2.45, 2.75) is 12.8 Å². The maximum Gasteiger partial charge on any atom is 0.221 e. The minimum absolute atomic E-state index is 0.0238. The molecule has 0 aromatic rings. The van der Waals surface area contributed by atoms with Gasteiger partial charge in [-0.2, -0.15) is 4.99 Å². The molecule has 1 saturated heterocycles. The molecule has 2 rings (SSSR count). The molecule has 0 bridgehead atoms. The van der Waals surface area contributed by atoms with E-state index in [2.05, 4.69) is 4.99 Å². The minimum Gasteiger partial charge on any atom is -0.370 e. The number of nitrogens with zero attached hydrogens (tertiary/aromatic N) is 2. The summed E-state index contributed by atoms with van der Waals surface area (Å²) >= 11 is 0. The molecule has 0 spiro atoms. The van der Waals surface area contributed by atoms with Gasteiger partial charge >= 0.3 is 0 Å². The van der Waals surface area contributed by atoms with Crippen molar-refractivity contribution in [1.82, 2.24) is 4.90 Å². The van der Waals surface area contributed by atoms with Crippen LogP contribution in [0.15, 0.2) is 4.99 Å². The van der Waals surface area contributed by atoms with Crippen LogP contribution in [-0.2, 0) is 0 Å². The van der Waals surface area contributed by atoms with Crippen molar-refractivity contribution in [2.75, 3.05) is 13.1 Å². The smallest absolute Gasteiger partial charge is 0.221 e. The van der Waals surface area contributed by atoms with E-state index in [9.17, 15) is 0 Å². The van der Waals surface area contributed by atoms with Crippen molar-refractivity contribution in [2.24, 2.45) is 28.3 Å². The van der Waals surface area contributed by atoms with E-state index in [1.165, 1.54) is 12.8 Å². The number of rotatable bonds is 0. The van der Waals surface area contributed by atoms with Gasteiger partial charge in [-0.15, -0.1) is 0 Å². The highest BCUT2D eigenvalue weighted by atomic mass is 15.3. The van der Waals surface area contributed by atoms with E-state index >= 15 is 0 Å². The lowest BCUT2D eigenvalue weighted by Crippen LogP contribution is -2.31. The Balaban J connectivity index is 1.95. The number of aliphatic imine (C=N–C) groups is 1. The summed E-state index contributed by atoms with van der Waals surface area (Å²) < 4.78 is 0. The summed E-state index contributed by atoms with van der Waals surface area (Å²) in [6.07, 6.45) is 2.60. The first-order valence-electron chi connectivity index (χ1n) is 4.60. The van der Waals surface area contributed by atoms with Crippen LogP contribution < -0.4 is 11.5 Å². The van der Waals surface area contributed by atoms with Gasteiger partial charge in [0, 0.05) is 13.1 Å². The Hall–Kier alpha value is -1.26. The van der Waals surface area contributed by atoms with Crippen molar-refractivity contribution < 1.29 is 0 Å². The summed E-state index contributed by atoms with van der Waals surface area (Å²) in [6.45, 7) is 1.92. The molecule has 5 nitrogen and oxygen atoms in total. The normalized spacial score (nSPS) is 30.6. The first kappa shape index (κ1) is 8.34. The Labute approximate surface area is 77.3 Å². The van der Waals surface area contributed by atoms with Crippen LogP contribution in [0.1, 0.15) is 12.8 Å². The lowest BCUT2D eigenvalue weighted by molar-refractivity contribution is 0.243. The van der Waals surface area contributed by atoms with Gasteiger partial charge in [0.15, 0.2) is 5.96 Å². The second kappa shape index (κ2) is 2.90. The molecule has 1 heterocycles. The topological polar surface area (TPSA) is 91.5 Å². The predicted molar refractivity (Wildman–Crippen MR) is 51.3 cm³/mol. The first-order chi connectivity index (χ1) is 6.16. The molecule has 2 atom stereocenters. The van der Waals surface area contributed by atoms with Crippen molar-refractivity contribution >= 4 is 11.9 Å². The Morgan fingerprint density at radius 2 is 1.77 bits per heavy atom. The molecule has 1 aliphatic carbocycles. The van der Waals surface area contributed by atoms with E-state index in [0.717, 1.165) is 24.9 Å². The molecule has 5 N–H and O–H groups in total. The second-order valence-corrected chi connectivity index (χ2v) is 3.86. The minimum atomic E-state index is -0.0238. The number of likely N-dealkylation sites (tertiary alicyclic amines) is 1. The zero-order valence-electron chi connectivity index (χ0n) is 7.53. The Morgan fingerprint density at radius 3 is 2.15 bits per heavy atom. The number of nitrogens with one attached hydrogen (secondary N) is 1. The lowest BCUT2D eigenvalue weighted by Gasteiger charge is -2.27. The van der Waals surface area contributed by atoms with Crippen LogP contribution in [0.25, 0.3) is 0 Å². The van der Waals surface area contributed by atoms with Crippen LogP contribution in [0.3, 0.4) is 0 Å². The van der Waals surface area contributed by atoms with Gasteiger partial charge in [-0.05, 0) is 24.7 Å². The van der Waals surface area contributed by atoms with E-state index in [-0.39, 0.29) is 11.9 Å². The highest BCUT2D eigenvalue weighted by molar-refractivity contribution is 5.91. The van der Waals surface area contributed by atoms with Crippen LogP contribution in [0.2, 0.25) is 0 Å². The van der Waals surface area contributed by atoms with Crippen molar-refractivity contribution in [3.8, 4) is 0 Å². The van der Waals surface area contributed by atoms with Crippen molar-refractivity contribution in [3.05, 3.63) is 0 Å². The van der Waals surface area contributed by atoms with Gasteiger partial charge in [0.05, 0.1) is 0 Å². The number of hydrogen-bond acceptors (Lipinski definition) is 1. The van der Waals surface area contributed by atoms with Gasteiger partial charge in [-0.3, -0.25) is 5.41 Å². The van der Waals surface area contributed by atoms with Crippen LogP contribution in [-0.4, -0.2) is 29.9 Å². The van der Waals surface area contributed by atoms with E-state index in [4.69, 9.17) is 16.9 Å². The molecule has 0 aromatic carbocycles. The summed E-state index contributed by atoms with van der Waals surface area (Å²) in [5.74, 6) is 1.77. The maximum atomic E-state index is 7.60. The molecule has 0 aromatic heterocycles. The molecule has 0 radical (unpaired) electrons. The van der Waals surface area contributed by atoms with Gasteiger partial charge in [-0.1, -0.05) is 0 Å². The third-order valence-corrected chi connectivity index (χ3v) is 3.02. The SMILES string of the molecule is N=C(N=C(N)N)N1CC2CCC2C1. The third-order valence-electron chi connectivity index (χ3n) is 3.02. The average Bonchev–Trinajstić information content (AvgIpc) is 2.26. The summed E-state index contributed by atoms with van der Waals surface area (Å²) in [5.41, 5.74) is 10.4. The number of fused-ring (bicyclic) bond motifs is 1. The fourth-order valence-corrected chi connectivity index (χ4v) is 2.13. The second-order valence-electron chi connectivity index (χ2n) is 3.86. The molecule has 2 unspecified atom stereocenters. The van der Waals surface area contributed by atoms with E-state index in [1.807, 2.05) is 4.90 Å². The molecule has 1 saturated carbocycles. The first-order valence-corrected chi connectivity index (χ1v) is 4.60. The molecular formula is C8H15N5.